The third-order valence-corrected chi connectivity index (χ3v) is 2.79. The van der Waals surface area contributed by atoms with Gasteiger partial charge in [0.25, 0.3) is 0 Å². The van der Waals surface area contributed by atoms with Crippen molar-refractivity contribution in [3.63, 3.8) is 0 Å². The van der Waals surface area contributed by atoms with Crippen LogP contribution in [-0.4, -0.2) is 5.88 Å². The van der Waals surface area contributed by atoms with Gasteiger partial charge in [0.2, 0.25) is 0 Å². The number of halogens is 1. The van der Waals surface area contributed by atoms with E-state index in [1.54, 1.807) is 0 Å². The molecular weight excluding hydrogens is 228 g/mol. The van der Waals surface area contributed by atoms with E-state index in [2.05, 4.69) is 43.4 Å². The van der Waals surface area contributed by atoms with Crippen LogP contribution < -0.4 is 0 Å². The average molecular weight is 255 g/mol. The molecule has 17 heavy (non-hydrogen) atoms. The maximum Gasteiger partial charge on any atom is 0.0226 e. The molecule has 0 unspecified atom stereocenters. The summed E-state index contributed by atoms with van der Waals surface area (Å²) in [6.45, 7) is 2.24. The highest BCUT2D eigenvalue weighted by molar-refractivity contribution is 6.17. The summed E-state index contributed by atoms with van der Waals surface area (Å²) in [5, 5.41) is 0. The summed E-state index contributed by atoms with van der Waals surface area (Å²) < 4.78 is 0. The molecule has 0 fully saturated rings. The molecule has 0 heterocycles. The number of hydrogen-bond donors (Lipinski definition) is 0. The molecule has 0 saturated carbocycles. The molecule has 0 radical (unpaired) electrons. The van der Waals surface area contributed by atoms with E-state index in [0.29, 0.717) is 0 Å². The van der Waals surface area contributed by atoms with Crippen LogP contribution >= 0.6 is 11.6 Å². The van der Waals surface area contributed by atoms with Crippen LogP contribution in [0.4, 0.5) is 0 Å². The van der Waals surface area contributed by atoms with Crippen molar-refractivity contribution in [2.45, 2.75) is 58.3 Å². The molecule has 0 atom stereocenters. The fourth-order valence-electron chi connectivity index (χ4n) is 1.48. The highest BCUT2D eigenvalue weighted by atomic mass is 35.5. The fourth-order valence-corrected chi connectivity index (χ4v) is 1.64. The van der Waals surface area contributed by atoms with Crippen LogP contribution in [-0.2, 0) is 0 Å². The van der Waals surface area contributed by atoms with Crippen molar-refractivity contribution >= 4 is 11.6 Å². The first-order valence-electron chi connectivity index (χ1n) is 6.92. The van der Waals surface area contributed by atoms with Crippen LogP contribution in [0, 0.1) is 0 Å². The first-order chi connectivity index (χ1) is 8.41. The van der Waals surface area contributed by atoms with Gasteiger partial charge in [-0.05, 0) is 38.5 Å². The lowest BCUT2D eigenvalue weighted by atomic mass is 10.2. The number of allylic oxidation sites excluding steroid dienone is 6. The summed E-state index contributed by atoms with van der Waals surface area (Å²) in [5.41, 5.74) is 0. The topological polar surface area (TPSA) is 0 Å². The van der Waals surface area contributed by atoms with Crippen molar-refractivity contribution in [1.29, 1.82) is 0 Å². The largest absolute Gasteiger partial charge is 0.127 e. The second-order valence-corrected chi connectivity index (χ2v) is 4.59. The van der Waals surface area contributed by atoms with Gasteiger partial charge in [-0.25, -0.2) is 0 Å². The Morgan fingerprint density at radius 2 is 1.24 bits per heavy atom. The lowest BCUT2D eigenvalue weighted by Gasteiger charge is -1.90. The molecular formula is C16H27Cl. The van der Waals surface area contributed by atoms with Gasteiger partial charge in [0.15, 0.2) is 0 Å². The third kappa shape index (κ3) is 15.5. The summed E-state index contributed by atoms with van der Waals surface area (Å²) in [5.74, 6) is 0.767. The summed E-state index contributed by atoms with van der Waals surface area (Å²) in [4.78, 5) is 0. The Balaban J connectivity index is 3.27. The van der Waals surface area contributed by atoms with Crippen LogP contribution in [0.3, 0.4) is 0 Å². The molecule has 0 aromatic heterocycles. The van der Waals surface area contributed by atoms with E-state index < -0.39 is 0 Å². The van der Waals surface area contributed by atoms with Gasteiger partial charge >= 0.3 is 0 Å². The molecule has 0 aliphatic carbocycles. The fraction of sp³-hybridized carbons (Fsp3) is 0.625. The minimum absolute atomic E-state index is 0.767. The van der Waals surface area contributed by atoms with Crippen molar-refractivity contribution < 1.29 is 0 Å². The first kappa shape index (κ1) is 16.5. The van der Waals surface area contributed by atoms with Gasteiger partial charge in [0.05, 0.1) is 0 Å². The lowest BCUT2D eigenvalue weighted by molar-refractivity contribution is 0.728. The monoisotopic (exact) mass is 254 g/mol. The standard InChI is InChI=1S/C16H27Cl/c1-2-3-4-5-6-7-8-9-10-11-12-13-14-15-16-17/h6-7,9-10,12-13H,2-5,8,11,14-16H2,1H3/b7-6-,10-9-,13-12+. The van der Waals surface area contributed by atoms with Gasteiger partial charge in [0, 0.05) is 5.88 Å². The Hall–Kier alpha value is -0.490. The molecule has 0 amide bonds. The second kappa shape index (κ2) is 15.5. The predicted octanol–water partition coefficient (Wildman–Crippen LogP) is 6.03. The van der Waals surface area contributed by atoms with Crippen molar-refractivity contribution in [1.82, 2.24) is 0 Å². The number of hydrogen-bond acceptors (Lipinski definition) is 0. The Labute approximate surface area is 112 Å². The third-order valence-electron chi connectivity index (χ3n) is 2.52. The molecule has 1 heteroatoms. The van der Waals surface area contributed by atoms with Crippen LogP contribution in [0.5, 0.6) is 0 Å². The van der Waals surface area contributed by atoms with E-state index in [0.717, 1.165) is 31.6 Å². The summed E-state index contributed by atoms with van der Waals surface area (Å²) in [6, 6.07) is 0. The number of unbranched alkanes of at least 4 members (excludes halogenated alkanes) is 4. The zero-order chi connectivity index (χ0) is 12.6. The van der Waals surface area contributed by atoms with Gasteiger partial charge in [-0.2, -0.15) is 0 Å². The van der Waals surface area contributed by atoms with Crippen LogP contribution in [0.2, 0.25) is 0 Å². The maximum atomic E-state index is 5.59. The highest BCUT2D eigenvalue weighted by Crippen LogP contribution is 2.01. The Kier molecular flexibility index (Phi) is 15.1. The van der Waals surface area contributed by atoms with E-state index >= 15 is 0 Å². The van der Waals surface area contributed by atoms with Crippen LogP contribution in [0.15, 0.2) is 36.5 Å². The molecule has 0 aliphatic heterocycles. The second-order valence-electron chi connectivity index (χ2n) is 4.21. The molecule has 0 nitrogen and oxygen atoms in total. The Bertz CT molecular complexity index is 214. The minimum atomic E-state index is 0.767. The molecule has 0 aliphatic rings. The van der Waals surface area contributed by atoms with Gasteiger partial charge < -0.3 is 0 Å². The number of alkyl halides is 1. The summed E-state index contributed by atoms with van der Waals surface area (Å²) in [6.07, 6.45) is 23.0. The highest BCUT2D eigenvalue weighted by Gasteiger charge is 1.81. The minimum Gasteiger partial charge on any atom is -0.127 e. The predicted molar refractivity (Wildman–Crippen MR) is 80.8 cm³/mol. The van der Waals surface area contributed by atoms with E-state index in [1.165, 1.54) is 25.7 Å². The SMILES string of the molecule is CCCCC/C=C\C/C=C\C/C=C/CCCCl. The van der Waals surface area contributed by atoms with Gasteiger partial charge in [-0.3, -0.25) is 0 Å². The normalized spacial score (nSPS) is 12.4. The molecule has 0 saturated heterocycles. The summed E-state index contributed by atoms with van der Waals surface area (Å²) in [7, 11) is 0. The molecule has 98 valence electrons. The van der Waals surface area contributed by atoms with Crippen molar-refractivity contribution in [2.75, 3.05) is 5.88 Å². The zero-order valence-electron chi connectivity index (χ0n) is 11.2. The Morgan fingerprint density at radius 1 is 0.706 bits per heavy atom. The van der Waals surface area contributed by atoms with Crippen LogP contribution in [0.1, 0.15) is 58.3 Å². The Morgan fingerprint density at radius 3 is 1.76 bits per heavy atom. The van der Waals surface area contributed by atoms with Gasteiger partial charge in [-0.15, -0.1) is 11.6 Å². The van der Waals surface area contributed by atoms with E-state index in [4.69, 9.17) is 11.6 Å². The molecule has 0 rings (SSSR count). The van der Waals surface area contributed by atoms with E-state index in [-0.39, 0.29) is 0 Å². The molecule has 0 aromatic rings. The van der Waals surface area contributed by atoms with E-state index in [1.807, 2.05) is 0 Å². The molecule has 0 bridgehead atoms. The molecule has 0 N–H and O–H groups in total. The smallest absolute Gasteiger partial charge is 0.0226 e. The van der Waals surface area contributed by atoms with Crippen LogP contribution in [0.25, 0.3) is 0 Å². The molecule has 0 spiro atoms. The quantitative estimate of drug-likeness (QED) is 0.240. The van der Waals surface area contributed by atoms with Crippen molar-refractivity contribution in [2.24, 2.45) is 0 Å². The van der Waals surface area contributed by atoms with Crippen molar-refractivity contribution in [3.8, 4) is 0 Å². The zero-order valence-corrected chi connectivity index (χ0v) is 12.0. The average Bonchev–Trinajstić information content (AvgIpc) is 2.35. The lowest BCUT2D eigenvalue weighted by Crippen LogP contribution is -1.71. The van der Waals surface area contributed by atoms with E-state index in [9.17, 15) is 0 Å². The first-order valence-corrected chi connectivity index (χ1v) is 7.46. The van der Waals surface area contributed by atoms with Gasteiger partial charge in [-0.1, -0.05) is 56.2 Å². The van der Waals surface area contributed by atoms with Crippen molar-refractivity contribution in [3.05, 3.63) is 36.5 Å². The maximum absolute atomic E-state index is 5.59. The molecule has 0 aromatic carbocycles. The summed E-state index contributed by atoms with van der Waals surface area (Å²) >= 11 is 5.59. The van der Waals surface area contributed by atoms with Gasteiger partial charge in [0.1, 0.15) is 0 Å². The number of rotatable bonds is 11.